The molecule has 8 heteroatoms. The Kier molecular flexibility index (Phi) is 12.1. The fourth-order valence-electron chi connectivity index (χ4n) is 7.34. The molecule has 9 aromatic rings. The van der Waals surface area contributed by atoms with Crippen LogP contribution in [0, 0.1) is 26.0 Å². The molecule has 0 fully saturated rings. The van der Waals surface area contributed by atoms with E-state index in [1.807, 2.05) is 79.5 Å². The molecule has 58 heavy (non-hydrogen) atoms. The summed E-state index contributed by atoms with van der Waals surface area (Å²) in [6.45, 7) is 12.7. The first kappa shape index (κ1) is 40.0. The Hall–Kier alpha value is -6.21. The molecule has 9 rings (SSSR count). The van der Waals surface area contributed by atoms with E-state index >= 15 is 0 Å². The zero-order valence-electron chi connectivity index (χ0n) is 33.4. The van der Waals surface area contributed by atoms with Gasteiger partial charge in [-0.05, 0) is 41.0 Å². The Bertz CT molecular complexity index is 2680. The van der Waals surface area contributed by atoms with Crippen LogP contribution in [0.5, 0.6) is 0 Å². The third kappa shape index (κ3) is 8.12. The number of hydrogen-bond acceptors (Lipinski definition) is 5. The first-order valence-electron chi connectivity index (χ1n) is 19.4. The molecule has 0 bridgehead atoms. The summed E-state index contributed by atoms with van der Waals surface area (Å²) in [6.07, 6.45) is 3.89. The van der Waals surface area contributed by atoms with E-state index in [-0.39, 0.29) is 20.1 Å². The Labute approximate surface area is 353 Å². The number of aryl methyl sites for hydroxylation is 2. The van der Waals surface area contributed by atoms with E-state index in [9.17, 15) is 0 Å². The van der Waals surface area contributed by atoms with Crippen molar-refractivity contribution in [2.24, 2.45) is 0 Å². The van der Waals surface area contributed by atoms with Crippen molar-refractivity contribution in [1.82, 2.24) is 29.3 Å². The van der Waals surface area contributed by atoms with Gasteiger partial charge in [0.05, 0.1) is 22.9 Å². The van der Waals surface area contributed by atoms with Crippen LogP contribution in [0.25, 0.3) is 67.5 Å². The number of imidazole rings is 1. The van der Waals surface area contributed by atoms with Crippen molar-refractivity contribution in [3.05, 3.63) is 181 Å². The molecule has 3 heterocycles. The monoisotopic (exact) mass is 937 g/mol. The van der Waals surface area contributed by atoms with Crippen molar-refractivity contribution in [3.63, 3.8) is 0 Å². The Morgan fingerprint density at radius 1 is 0.621 bits per heavy atom. The third-order valence-electron chi connectivity index (χ3n) is 9.97. The summed E-state index contributed by atoms with van der Waals surface area (Å²) in [6, 6.07) is 52.2. The van der Waals surface area contributed by atoms with E-state index in [0.717, 1.165) is 67.6 Å². The summed E-state index contributed by atoms with van der Waals surface area (Å²) in [5.74, 6) is 3.87. The van der Waals surface area contributed by atoms with Gasteiger partial charge in [0, 0.05) is 61.8 Å². The van der Waals surface area contributed by atoms with Crippen molar-refractivity contribution in [2.75, 3.05) is 0 Å². The fourth-order valence-corrected chi connectivity index (χ4v) is 7.34. The maximum atomic E-state index is 5.59. The van der Waals surface area contributed by atoms with Crippen LogP contribution in [-0.2, 0) is 20.1 Å². The molecule has 0 unspecified atom stereocenters. The molecule has 0 saturated heterocycles. The topological polar surface area (TPSA) is 74.6 Å². The molecule has 3 aromatic heterocycles. The van der Waals surface area contributed by atoms with Crippen molar-refractivity contribution >= 4 is 11.1 Å². The molecule has 7 nitrogen and oxygen atoms in total. The molecule has 0 amide bonds. The van der Waals surface area contributed by atoms with Gasteiger partial charge < -0.3 is 8.98 Å². The molecule has 0 aliphatic rings. The van der Waals surface area contributed by atoms with E-state index in [1.165, 1.54) is 16.8 Å². The second-order valence-corrected chi connectivity index (χ2v) is 14.6. The molecular formula is C50H44IrN6O-2. The van der Waals surface area contributed by atoms with Crippen molar-refractivity contribution in [3.8, 4) is 56.4 Å². The summed E-state index contributed by atoms with van der Waals surface area (Å²) >= 11 is 0. The number of para-hydroxylation sites is 2. The molecule has 0 saturated carbocycles. The van der Waals surface area contributed by atoms with Crippen LogP contribution in [0.2, 0.25) is 0 Å². The maximum absolute atomic E-state index is 5.59. The molecule has 0 aliphatic heterocycles. The molecule has 291 valence electrons. The van der Waals surface area contributed by atoms with Gasteiger partial charge >= 0.3 is 0 Å². The average molecular weight is 937 g/mol. The van der Waals surface area contributed by atoms with Crippen molar-refractivity contribution in [2.45, 2.75) is 53.4 Å². The van der Waals surface area contributed by atoms with Crippen LogP contribution >= 0.6 is 0 Å². The standard InChI is InChI=1S/C27H20N3.C23H24N3O.Ir/c1-20-28-27(23-16-9-4-10-17-23)30(29-20)26-24(21-12-5-2-6-13-21)18-11-19-25(26)22-14-7-3-8-15-22;1-14(2)18-7-6-8-19(15(3)4)22(18)26-12-11-24-23(26)17-9-10-21-20(13-17)25-16(5)27-21;/h2-16,18-19H,1H3;6-8,10-15H,1-5H3;/q2*-1;. The maximum Gasteiger partial charge on any atom is 0.180 e. The zero-order chi connectivity index (χ0) is 39.5. The van der Waals surface area contributed by atoms with E-state index in [2.05, 4.69) is 139 Å². The number of benzene rings is 6. The van der Waals surface area contributed by atoms with E-state index in [1.54, 1.807) is 0 Å². The number of aromatic nitrogens is 6. The minimum atomic E-state index is 0. The van der Waals surface area contributed by atoms with Crippen LogP contribution in [0.3, 0.4) is 0 Å². The number of hydrogen-bond donors (Lipinski definition) is 0. The second kappa shape index (κ2) is 17.5. The van der Waals surface area contributed by atoms with Crippen LogP contribution in [0.4, 0.5) is 0 Å². The minimum absolute atomic E-state index is 0. The third-order valence-corrected chi connectivity index (χ3v) is 9.97. The summed E-state index contributed by atoms with van der Waals surface area (Å²) in [5, 5.41) is 4.82. The Morgan fingerprint density at radius 2 is 1.24 bits per heavy atom. The van der Waals surface area contributed by atoms with Gasteiger partial charge in [0.2, 0.25) is 0 Å². The summed E-state index contributed by atoms with van der Waals surface area (Å²) in [7, 11) is 0. The predicted molar refractivity (Wildman–Crippen MR) is 230 cm³/mol. The number of fused-ring (bicyclic) bond motifs is 1. The van der Waals surface area contributed by atoms with Crippen molar-refractivity contribution in [1.29, 1.82) is 0 Å². The van der Waals surface area contributed by atoms with Gasteiger partial charge in [-0.2, -0.15) is 5.10 Å². The van der Waals surface area contributed by atoms with Crippen LogP contribution in [0.1, 0.15) is 62.4 Å². The van der Waals surface area contributed by atoms with E-state index in [0.29, 0.717) is 17.7 Å². The summed E-state index contributed by atoms with van der Waals surface area (Å²) < 4.78 is 9.74. The SMILES string of the molecule is Cc1nc(-c2[c-]cccc2)n(-c2c(-c3ccccc3)cccc2-c2ccccc2)n1.Cc1nc2cc(-c3nccn3-c3c(C(C)C)cccc3C(C)C)[c-]cc2o1.[Ir]. The smallest absolute Gasteiger partial charge is 0.180 e. The fraction of sp³-hybridized carbons (Fsp3) is 0.160. The van der Waals surface area contributed by atoms with Crippen LogP contribution in [-0.4, -0.2) is 29.3 Å². The molecule has 0 atom stereocenters. The van der Waals surface area contributed by atoms with Gasteiger partial charge in [0.15, 0.2) is 5.89 Å². The van der Waals surface area contributed by atoms with Gasteiger partial charge in [-0.25, -0.2) is 4.98 Å². The van der Waals surface area contributed by atoms with E-state index in [4.69, 9.17) is 14.5 Å². The molecular weight excluding hydrogens is 893 g/mol. The predicted octanol–water partition coefficient (Wildman–Crippen LogP) is 12.4. The molecule has 0 spiro atoms. The summed E-state index contributed by atoms with van der Waals surface area (Å²) in [5.41, 5.74) is 12.8. The van der Waals surface area contributed by atoms with Gasteiger partial charge in [0.25, 0.3) is 0 Å². The Morgan fingerprint density at radius 3 is 1.84 bits per heavy atom. The number of rotatable bonds is 8. The number of oxazole rings is 1. The zero-order valence-corrected chi connectivity index (χ0v) is 35.8. The molecule has 0 N–H and O–H groups in total. The van der Waals surface area contributed by atoms with E-state index < -0.39 is 0 Å². The minimum Gasteiger partial charge on any atom is -0.488 e. The largest absolute Gasteiger partial charge is 0.488 e. The van der Waals surface area contributed by atoms with Crippen LogP contribution < -0.4 is 0 Å². The number of nitrogens with zero attached hydrogens (tertiary/aromatic N) is 6. The Balaban J connectivity index is 0.000000175. The van der Waals surface area contributed by atoms with Crippen LogP contribution in [0.15, 0.2) is 150 Å². The average Bonchev–Trinajstić information content (AvgIpc) is 3.99. The second-order valence-electron chi connectivity index (χ2n) is 14.6. The molecule has 6 aromatic carbocycles. The molecule has 0 aliphatic carbocycles. The van der Waals surface area contributed by atoms with Crippen molar-refractivity contribution < 1.29 is 24.5 Å². The van der Waals surface area contributed by atoms with Gasteiger partial charge in [0.1, 0.15) is 5.82 Å². The van der Waals surface area contributed by atoms with Gasteiger partial charge in [-0.15, -0.1) is 59.7 Å². The molecule has 1 radical (unpaired) electrons. The normalized spacial score (nSPS) is 11.1. The first-order chi connectivity index (χ1) is 27.8. The summed E-state index contributed by atoms with van der Waals surface area (Å²) in [4.78, 5) is 13.9. The first-order valence-corrected chi connectivity index (χ1v) is 19.4. The quantitative estimate of drug-likeness (QED) is 0.142. The van der Waals surface area contributed by atoms with Gasteiger partial charge in [-0.1, -0.05) is 125 Å². The van der Waals surface area contributed by atoms with Gasteiger partial charge in [-0.3, -0.25) is 14.6 Å².